The van der Waals surface area contributed by atoms with Crippen LogP contribution in [-0.2, 0) is 30.3 Å². The number of hydrogen-bond donors (Lipinski definition) is 6. The molecule has 0 saturated heterocycles. The Bertz CT molecular complexity index is 1520. The van der Waals surface area contributed by atoms with E-state index < -0.39 is 76.0 Å². The molecule has 15 nitrogen and oxygen atoms in total. The molecule has 0 bridgehead atoms. The normalized spacial score (nSPS) is 23.8. The van der Waals surface area contributed by atoms with Crippen LogP contribution >= 0.6 is 0 Å². The van der Waals surface area contributed by atoms with E-state index in [1.807, 2.05) is 13.8 Å². The van der Waals surface area contributed by atoms with Crippen molar-refractivity contribution < 1.29 is 53.9 Å². The number of ketones is 2. The molecule has 15 heteroatoms. The van der Waals surface area contributed by atoms with Gasteiger partial charge >= 0.3 is 12.2 Å². The van der Waals surface area contributed by atoms with E-state index in [1.54, 1.807) is 0 Å². The van der Waals surface area contributed by atoms with E-state index in [2.05, 4.69) is 5.43 Å². The van der Waals surface area contributed by atoms with Gasteiger partial charge in [0, 0.05) is 11.5 Å². The number of primary amides is 1. The van der Waals surface area contributed by atoms with E-state index in [0.29, 0.717) is 12.8 Å². The second-order valence-electron chi connectivity index (χ2n) is 11.8. The molecule has 250 valence electrons. The number of fused-ring (bicyclic) bond motifs is 3. The number of anilines is 1. The number of rotatable bonds is 9. The molecule has 4 atom stereocenters. The number of likely N-dealkylation sites (N-methyl/N-ethyl adjacent to an activating group) is 1. The lowest BCUT2D eigenvalue weighted by Gasteiger charge is -2.50. The van der Waals surface area contributed by atoms with Crippen LogP contribution in [0.4, 0.5) is 15.3 Å². The van der Waals surface area contributed by atoms with Crippen molar-refractivity contribution in [2.75, 3.05) is 32.3 Å². The van der Waals surface area contributed by atoms with Gasteiger partial charge in [0.15, 0.2) is 11.4 Å². The second-order valence-corrected chi connectivity index (χ2v) is 11.8. The van der Waals surface area contributed by atoms with Crippen LogP contribution in [0.1, 0.15) is 57.1 Å². The molecule has 1 fully saturated rings. The van der Waals surface area contributed by atoms with Gasteiger partial charge in [-0.3, -0.25) is 19.3 Å². The predicted molar refractivity (Wildman–Crippen MR) is 162 cm³/mol. The Morgan fingerprint density at radius 2 is 1.67 bits per heavy atom. The minimum Gasteiger partial charge on any atom is -0.508 e. The summed E-state index contributed by atoms with van der Waals surface area (Å²) in [6, 6.07) is 1.20. The summed E-state index contributed by atoms with van der Waals surface area (Å²) in [7, 11) is 2.99. The maximum atomic E-state index is 14.1. The van der Waals surface area contributed by atoms with E-state index in [1.165, 1.54) is 25.1 Å². The average Bonchev–Trinajstić information content (AvgIpc) is 2.98. The Hall–Kier alpha value is -4.63. The third-order valence-corrected chi connectivity index (χ3v) is 8.66. The third-order valence-electron chi connectivity index (χ3n) is 8.66. The summed E-state index contributed by atoms with van der Waals surface area (Å²) < 4.78 is 10.5. The molecule has 1 saturated carbocycles. The number of aliphatic hydroxyl groups excluding tert-OH is 2. The van der Waals surface area contributed by atoms with Crippen molar-refractivity contribution >= 4 is 41.1 Å². The topological polar surface area (TPSA) is 229 Å². The zero-order valence-corrected chi connectivity index (χ0v) is 26.2. The first-order valence-corrected chi connectivity index (χ1v) is 15.1. The number of ether oxygens (including phenoxy) is 2. The lowest BCUT2D eigenvalue weighted by Crippen LogP contribution is -2.65. The van der Waals surface area contributed by atoms with Crippen LogP contribution in [0.5, 0.6) is 5.75 Å². The minimum absolute atomic E-state index is 0.00302. The second kappa shape index (κ2) is 13.4. The molecular formula is C31H40N4O11. The number of phenolic OH excluding ortho intramolecular Hbond substituents is 1. The highest BCUT2D eigenvalue weighted by atomic mass is 16.6. The number of hydrogen-bond acceptors (Lipinski definition) is 12. The van der Waals surface area contributed by atoms with E-state index in [0.717, 1.165) is 23.9 Å². The van der Waals surface area contributed by atoms with Crippen molar-refractivity contribution in [3.63, 3.8) is 0 Å². The number of aliphatic hydroxyl groups is 3. The monoisotopic (exact) mass is 644 g/mol. The maximum absolute atomic E-state index is 14.1. The van der Waals surface area contributed by atoms with E-state index in [9.17, 15) is 44.4 Å². The summed E-state index contributed by atoms with van der Waals surface area (Å²) in [6.07, 6.45) is 0.383. The Kier molecular flexibility index (Phi) is 9.97. The largest absolute Gasteiger partial charge is 0.508 e. The fraction of sp³-hybridized carbons (Fsp3) is 0.516. The Labute approximate surface area is 265 Å². The summed E-state index contributed by atoms with van der Waals surface area (Å²) >= 11 is 0. The number of hydrazine groups is 1. The number of carbonyl (C=O) groups excluding carboxylic acids is 5. The van der Waals surface area contributed by atoms with Crippen molar-refractivity contribution in [2.45, 2.75) is 64.0 Å². The van der Waals surface area contributed by atoms with Gasteiger partial charge in [-0.1, -0.05) is 26.7 Å². The van der Waals surface area contributed by atoms with Crippen LogP contribution in [0.15, 0.2) is 29.0 Å². The number of phenols is 1. The van der Waals surface area contributed by atoms with Gasteiger partial charge in [0.2, 0.25) is 5.78 Å². The van der Waals surface area contributed by atoms with Gasteiger partial charge in [-0.2, -0.15) is 5.01 Å². The number of nitrogens with two attached hydrogens (primary N) is 1. The molecule has 3 amide bonds. The van der Waals surface area contributed by atoms with Gasteiger partial charge in [-0.15, -0.1) is 0 Å². The van der Waals surface area contributed by atoms with E-state index in [4.69, 9.17) is 15.2 Å². The quantitative estimate of drug-likeness (QED) is 0.129. The van der Waals surface area contributed by atoms with Crippen molar-refractivity contribution in [1.82, 2.24) is 10.3 Å². The van der Waals surface area contributed by atoms with Crippen LogP contribution in [0.25, 0.3) is 5.76 Å². The van der Waals surface area contributed by atoms with Gasteiger partial charge in [0.25, 0.3) is 5.91 Å². The average molecular weight is 645 g/mol. The molecule has 1 aromatic carbocycles. The molecule has 4 rings (SSSR count). The SMILES string of the molecule is CCCCOC(=O)NN(C(=O)OCCCC)c1ccc(O)c2c1CC1CC3[C@H](N(C)C)C(=O)C(C(N)=O)=C(O)[C@@]3(O)C(=O)C1=C2O. The number of unbranched alkanes of at least 4 members (excludes halogenated alkanes) is 2. The molecule has 0 aromatic heterocycles. The first-order valence-electron chi connectivity index (χ1n) is 15.1. The fourth-order valence-corrected chi connectivity index (χ4v) is 6.44. The number of aromatic hydroxyl groups is 1. The fourth-order valence-electron chi connectivity index (χ4n) is 6.44. The third kappa shape index (κ3) is 5.75. The van der Waals surface area contributed by atoms with Gasteiger partial charge < -0.3 is 35.6 Å². The summed E-state index contributed by atoms with van der Waals surface area (Å²) in [5, 5.41) is 46.0. The lowest BCUT2D eigenvalue weighted by molar-refractivity contribution is -0.153. The first-order chi connectivity index (χ1) is 21.7. The van der Waals surface area contributed by atoms with Crippen LogP contribution in [0.2, 0.25) is 0 Å². The van der Waals surface area contributed by atoms with Gasteiger partial charge in [-0.05, 0) is 63.4 Å². The van der Waals surface area contributed by atoms with Gasteiger partial charge in [0.1, 0.15) is 22.8 Å². The predicted octanol–water partition coefficient (Wildman–Crippen LogP) is 2.15. The van der Waals surface area contributed by atoms with Gasteiger partial charge in [0.05, 0.1) is 30.5 Å². The highest BCUT2D eigenvalue weighted by molar-refractivity contribution is 6.24. The van der Waals surface area contributed by atoms with Crippen LogP contribution in [0.3, 0.4) is 0 Å². The van der Waals surface area contributed by atoms with E-state index in [-0.39, 0.29) is 48.4 Å². The summed E-state index contributed by atoms with van der Waals surface area (Å²) in [5.74, 6) is -8.02. The van der Waals surface area contributed by atoms with Crippen LogP contribution < -0.4 is 16.2 Å². The van der Waals surface area contributed by atoms with Crippen molar-refractivity contribution in [3.8, 4) is 5.75 Å². The lowest BCUT2D eigenvalue weighted by atomic mass is 9.57. The zero-order valence-electron chi connectivity index (χ0n) is 26.2. The van der Waals surface area contributed by atoms with Crippen molar-refractivity contribution in [1.29, 1.82) is 0 Å². The molecule has 2 unspecified atom stereocenters. The molecular weight excluding hydrogens is 604 g/mol. The summed E-state index contributed by atoms with van der Waals surface area (Å²) in [6.45, 7) is 3.93. The highest BCUT2D eigenvalue weighted by Crippen LogP contribution is 2.53. The molecule has 3 aliphatic carbocycles. The highest BCUT2D eigenvalue weighted by Gasteiger charge is 2.64. The zero-order chi connectivity index (χ0) is 34.1. The van der Waals surface area contributed by atoms with Gasteiger partial charge in [-0.25, -0.2) is 15.0 Å². The number of benzene rings is 1. The molecule has 0 heterocycles. The summed E-state index contributed by atoms with van der Waals surface area (Å²) in [4.78, 5) is 66.9. The smallest absolute Gasteiger partial charge is 0.433 e. The number of nitrogens with one attached hydrogen (secondary N) is 1. The minimum atomic E-state index is -2.79. The van der Waals surface area contributed by atoms with Crippen LogP contribution in [0, 0.1) is 11.8 Å². The standard InChI is InChI=1S/C31H40N4O11/c1-5-7-11-45-29(42)33-35(30(43)46-12-8-6-2)18-9-10-19(36)21-16(18)13-15-14-17-23(34(3)4)25(38)22(28(32)41)27(40)31(17,44)26(39)20(15)24(21)37/h9-10,15,17,23,36-37,40,44H,5-8,11-14H2,1-4H3,(H2,32,41)(H,33,42)/t15?,17?,23-,31-/m0/s1. The molecule has 0 spiro atoms. The van der Waals surface area contributed by atoms with Crippen molar-refractivity contribution in [2.24, 2.45) is 17.6 Å². The Morgan fingerprint density at radius 1 is 1.04 bits per heavy atom. The molecule has 0 radical (unpaired) electrons. The Morgan fingerprint density at radius 3 is 2.26 bits per heavy atom. The molecule has 3 aliphatic rings. The number of amides is 3. The number of carbonyl (C=O) groups is 5. The maximum Gasteiger partial charge on any atom is 0.433 e. The van der Waals surface area contributed by atoms with Crippen LogP contribution in [-0.4, -0.2) is 93.9 Å². The summed E-state index contributed by atoms with van der Waals surface area (Å²) in [5.41, 5.74) is 3.54. The molecule has 1 aromatic rings. The molecule has 46 heavy (non-hydrogen) atoms. The number of Topliss-reactive ketones (excluding diaryl/α,β-unsaturated/α-hetero) is 2. The molecule has 0 aliphatic heterocycles. The van der Waals surface area contributed by atoms with E-state index >= 15 is 0 Å². The number of nitrogens with zero attached hydrogens (tertiary/aromatic N) is 2. The Balaban J connectivity index is 1.86. The molecule has 7 N–H and O–H groups in total. The van der Waals surface area contributed by atoms with Crippen molar-refractivity contribution in [3.05, 3.63) is 40.2 Å². The first kappa shape index (κ1) is 34.2.